The molecule has 0 aliphatic rings. The molecule has 166 valence electrons. The molecule has 0 aliphatic carbocycles. The molecule has 10 heteroatoms. The monoisotopic (exact) mass is 450 g/mol. The van der Waals surface area contributed by atoms with Crippen LogP contribution in [0.5, 0.6) is 5.75 Å². The summed E-state index contributed by atoms with van der Waals surface area (Å²) in [6.45, 7) is -0.768. The smallest absolute Gasteiger partial charge is 0.408 e. The SMILES string of the molecule is COc1ccc(C[C@@H](NC(=O)[C@H](CO)NC(=O)OCc2ccccc2)C(=O)O)cc1Cl. The van der Waals surface area contributed by atoms with Crippen molar-refractivity contribution in [2.45, 2.75) is 25.1 Å². The number of nitrogens with one attached hydrogen (secondary N) is 2. The van der Waals surface area contributed by atoms with E-state index in [1.165, 1.54) is 13.2 Å². The Kier molecular flexibility index (Phi) is 9.11. The first-order valence-corrected chi connectivity index (χ1v) is 9.65. The van der Waals surface area contributed by atoms with Crippen LogP contribution in [-0.2, 0) is 27.4 Å². The van der Waals surface area contributed by atoms with E-state index in [2.05, 4.69) is 10.6 Å². The Labute approximate surface area is 183 Å². The van der Waals surface area contributed by atoms with Crippen LogP contribution in [0.25, 0.3) is 0 Å². The number of carbonyl (C=O) groups is 3. The molecule has 2 amide bonds. The molecule has 0 unspecified atom stereocenters. The van der Waals surface area contributed by atoms with E-state index in [9.17, 15) is 24.6 Å². The summed E-state index contributed by atoms with van der Waals surface area (Å²) in [6, 6.07) is 10.9. The molecule has 0 heterocycles. The van der Waals surface area contributed by atoms with Crippen LogP contribution in [-0.4, -0.2) is 54.0 Å². The topological polar surface area (TPSA) is 134 Å². The lowest BCUT2D eigenvalue weighted by Gasteiger charge is -2.20. The summed E-state index contributed by atoms with van der Waals surface area (Å²) >= 11 is 6.05. The predicted octanol–water partition coefficient (Wildman–Crippen LogP) is 1.75. The third-order valence-corrected chi connectivity index (χ3v) is 4.57. The Balaban J connectivity index is 1.95. The number of aliphatic carboxylic acids is 1. The van der Waals surface area contributed by atoms with Crippen molar-refractivity contribution < 1.29 is 34.1 Å². The molecule has 0 saturated carbocycles. The zero-order valence-electron chi connectivity index (χ0n) is 16.7. The number of hydrogen-bond acceptors (Lipinski definition) is 6. The lowest BCUT2D eigenvalue weighted by molar-refractivity contribution is -0.142. The van der Waals surface area contributed by atoms with Crippen molar-refractivity contribution in [3.05, 3.63) is 64.7 Å². The molecule has 9 nitrogen and oxygen atoms in total. The molecule has 4 N–H and O–H groups in total. The summed E-state index contributed by atoms with van der Waals surface area (Å²) in [5, 5.41) is 23.7. The Morgan fingerprint density at radius 1 is 1.03 bits per heavy atom. The third kappa shape index (κ3) is 7.47. The maximum Gasteiger partial charge on any atom is 0.408 e. The maximum atomic E-state index is 12.4. The van der Waals surface area contributed by atoms with Crippen LogP contribution in [0.4, 0.5) is 4.79 Å². The van der Waals surface area contributed by atoms with E-state index in [1.807, 2.05) is 6.07 Å². The van der Waals surface area contributed by atoms with Crippen LogP contribution in [0, 0.1) is 0 Å². The van der Waals surface area contributed by atoms with Crippen molar-refractivity contribution in [2.24, 2.45) is 0 Å². The second-order valence-electron chi connectivity index (χ2n) is 6.51. The van der Waals surface area contributed by atoms with Gasteiger partial charge in [-0.2, -0.15) is 0 Å². The maximum absolute atomic E-state index is 12.4. The second kappa shape index (κ2) is 11.8. The van der Waals surface area contributed by atoms with Gasteiger partial charge in [0.25, 0.3) is 0 Å². The van der Waals surface area contributed by atoms with E-state index in [0.717, 1.165) is 5.56 Å². The van der Waals surface area contributed by atoms with E-state index < -0.39 is 36.7 Å². The van der Waals surface area contributed by atoms with Gasteiger partial charge in [0.2, 0.25) is 5.91 Å². The summed E-state index contributed by atoms with van der Waals surface area (Å²) in [7, 11) is 1.45. The first kappa shape index (κ1) is 24.0. The van der Waals surface area contributed by atoms with Gasteiger partial charge in [0.1, 0.15) is 24.4 Å². The number of carboxylic acid groups (broad SMARTS) is 1. The fraction of sp³-hybridized carbons (Fsp3) is 0.286. The molecule has 0 saturated heterocycles. The molecule has 31 heavy (non-hydrogen) atoms. The Morgan fingerprint density at radius 2 is 1.74 bits per heavy atom. The van der Waals surface area contributed by atoms with Crippen LogP contribution in [0.2, 0.25) is 5.02 Å². The lowest BCUT2D eigenvalue weighted by atomic mass is 10.1. The van der Waals surface area contributed by atoms with Crippen molar-refractivity contribution in [1.29, 1.82) is 0 Å². The van der Waals surface area contributed by atoms with Crippen molar-refractivity contribution in [3.8, 4) is 5.75 Å². The minimum atomic E-state index is -1.38. The van der Waals surface area contributed by atoms with Gasteiger partial charge >= 0.3 is 12.1 Å². The number of hydrogen-bond donors (Lipinski definition) is 4. The molecule has 0 aliphatic heterocycles. The van der Waals surface area contributed by atoms with Gasteiger partial charge in [-0.15, -0.1) is 0 Å². The molecule has 2 aromatic carbocycles. The zero-order chi connectivity index (χ0) is 22.8. The van der Waals surface area contributed by atoms with E-state index in [-0.39, 0.29) is 13.0 Å². The van der Waals surface area contributed by atoms with Crippen LogP contribution in [0.1, 0.15) is 11.1 Å². The summed E-state index contributed by atoms with van der Waals surface area (Å²) in [5.41, 5.74) is 1.29. The second-order valence-corrected chi connectivity index (χ2v) is 6.92. The fourth-order valence-electron chi connectivity index (χ4n) is 2.65. The quantitative estimate of drug-likeness (QED) is 0.433. The highest BCUT2D eigenvalue weighted by atomic mass is 35.5. The van der Waals surface area contributed by atoms with Crippen LogP contribution >= 0.6 is 11.6 Å². The van der Waals surface area contributed by atoms with E-state index in [0.29, 0.717) is 16.3 Å². The first-order valence-electron chi connectivity index (χ1n) is 9.27. The summed E-state index contributed by atoms with van der Waals surface area (Å²) in [4.78, 5) is 35.9. The van der Waals surface area contributed by atoms with Crippen LogP contribution in [0.3, 0.4) is 0 Å². The lowest BCUT2D eigenvalue weighted by Crippen LogP contribution is -2.53. The highest BCUT2D eigenvalue weighted by Gasteiger charge is 2.27. The fourth-order valence-corrected chi connectivity index (χ4v) is 2.93. The van der Waals surface area contributed by atoms with Crippen molar-refractivity contribution >= 4 is 29.6 Å². The molecular formula is C21H23ClN2O7. The average molecular weight is 451 g/mol. The number of methoxy groups -OCH3 is 1. The molecule has 0 radical (unpaired) electrons. The summed E-state index contributed by atoms with van der Waals surface area (Å²) in [6.07, 6.45) is -0.992. The minimum absolute atomic E-state index is 0.0254. The van der Waals surface area contributed by atoms with E-state index >= 15 is 0 Å². The highest BCUT2D eigenvalue weighted by Crippen LogP contribution is 2.25. The minimum Gasteiger partial charge on any atom is -0.495 e. The number of ether oxygens (including phenoxy) is 2. The number of rotatable bonds is 10. The highest BCUT2D eigenvalue weighted by molar-refractivity contribution is 6.32. The molecule has 0 bridgehead atoms. The number of alkyl carbamates (subject to hydrolysis) is 1. The van der Waals surface area contributed by atoms with Gasteiger partial charge in [-0.05, 0) is 23.3 Å². The van der Waals surface area contributed by atoms with Gasteiger partial charge in [0.15, 0.2) is 0 Å². The normalized spacial score (nSPS) is 12.4. The number of aliphatic hydroxyl groups is 1. The van der Waals surface area contributed by atoms with Gasteiger partial charge in [0, 0.05) is 6.42 Å². The van der Waals surface area contributed by atoms with Crippen molar-refractivity contribution in [1.82, 2.24) is 10.6 Å². The molecular weight excluding hydrogens is 428 g/mol. The molecule has 2 atom stereocenters. The molecule has 0 fully saturated rings. The Hall–Kier alpha value is -3.30. The van der Waals surface area contributed by atoms with E-state index in [4.69, 9.17) is 21.1 Å². The zero-order valence-corrected chi connectivity index (χ0v) is 17.5. The number of aliphatic hydroxyl groups excluding tert-OH is 1. The largest absolute Gasteiger partial charge is 0.495 e. The van der Waals surface area contributed by atoms with Gasteiger partial charge in [-0.25, -0.2) is 9.59 Å². The molecule has 0 spiro atoms. The number of halogens is 1. The average Bonchev–Trinajstić information content (AvgIpc) is 2.76. The Morgan fingerprint density at radius 3 is 2.32 bits per heavy atom. The summed E-state index contributed by atoms with van der Waals surface area (Å²) < 4.78 is 10.1. The van der Waals surface area contributed by atoms with Gasteiger partial charge in [-0.3, -0.25) is 4.79 Å². The van der Waals surface area contributed by atoms with Gasteiger partial charge < -0.3 is 30.3 Å². The molecule has 2 aromatic rings. The Bertz CT molecular complexity index is 908. The standard InChI is InChI=1S/C21H23ClN2O7/c1-30-18-8-7-14(9-15(18)22)10-16(20(27)28)23-19(26)17(11-25)24-21(29)31-12-13-5-3-2-4-6-13/h2-9,16-17,25H,10-12H2,1H3,(H,23,26)(H,24,29)(H,27,28)/t16-,17+/m1/s1. The van der Waals surface area contributed by atoms with Crippen LogP contribution < -0.4 is 15.4 Å². The van der Waals surface area contributed by atoms with Crippen molar-refractivity contribution in [2.75, 3.05) is 13.7 Å². The number of amides is 2. The van der Waals surface area contributed by atoms with Crippen LogP contribution in [0.15, 0.2) is 48.5 Å². The molecule has 0 aromatic heterocycles. The van der Waals surface area contributed by atoms with E-state index in [1.54, 1.807) is 36.4 Å². The number of carbonyl (C=O) groups excluding carboxylic acids is 2. The third-order valence-electron chi connectivity index (χ3n) is 4.27. The number of benzene rings is 2. The van der Waals surface area contributed by atoms with Crippen molar-refractivity contribution in [3.63, 3.8) is 0 Å². The van der Waals surface area contributed by atoms with Gasteiger partial charge in [0.05, 0.1) is 18.7 Å². The first-order chi connectivity index (χ1) is 14.8. The summed E-state index contributed by atoms with van der Waals surface area (Å²) in [5.74, 6) is -1.73. The predicted molar refractivity (Wildman–Crippen MR) is 112 cm³/mol. The number of carboxylic acids is 1. The van der Waals surface area contributed by atoms with Gasteiger partial charge in [-0.1, -0.05) is 48.0 Å². The molecule has 2 rings (SSSR count).